The second-order valence-electron chi connectivity index (χ2n) is 4.01. The predicted octanol–water partition coefficient (Wildman–Crippen LogP) is 4.75. The van der Waals surface area contributed by atoms with E-state index in [1.54, 1.807) is 6.07 Å². The summed E-state index contributed by atoms with van der Waals surface area (Å²) in [5, 5.41) is 11.0. The first-order chi connectivity index (χ1) is 7.99. The predicted molar refractivity (Wildman–Crippen MR) is 74.3 cm³/mol. The number of rotatable bonds is 2. The molecule has 2 rings (SSSR count). The van der Waals surface area contributed by atoms with Gasteiger partial charge in [0.15, 0.2) is 0 Å². The van der Waals surface area contributed by atoms with Crippen molar-refractivity contribution in [3.8, 4) is 0 Å². The van der Waals surface area contributed by atoms with E-state index < -0.39 is 6.10 Å². The maximum absolute atomic E-state index is 10.3. The second-order valence-corrected chi connectivity index (χ2v) is 6.13. The summed E-state index contributed by atoms with van der Waals surface area (Å²) in [6.07, 6.45) is -0.636. The maximum Gasteiger partial charge on any atom is 0.114 e. The molecule has 0 saturated heterocycles. The summed E-state index contributed by atoms with van der Waals surface area (Å²) in [7, 11) is 0. The molecular formula is C13H12Cl2OS. The van der Waals surface area contributed by atoms with Crippen molar-refractivity contribution in [3.05, 3.63) is 55.2 Å². The number of aryl methyl sites for hydroxylation is 2. The van der Waals surface area contributed by atoms with Crippen LogP contribution in [0, 0.1) is 13.8 Å². The Labute approximate surface area is 115 Å². The number of aliphatic hydroxyl groups is 1. The highest BCUT2D eigenvalue weighted by Gasteiger charge is 2.16. The highest BCUT2D eigenvalue weighted by Crippen LogP contribution is 2.35. The van der Waals surface area contributed by atoms with Gasteiger partial charge in [-0.3, -0.25) is 0 Å². The number of aliphatic hydroxyl groups excluding tert-OH is 1. The molecule has 90 valence electrons. The maximum atomic E-state index is 10.3. The van der Waals surface area contributed by atoms with Gasteiger partial charge in [0.25, 0.3) is 0 Å². The summed E-state index contributed by atoms with van der Waals surface area (Å²) < 4.78 is 0.727. The van der Waals surface area contributed by atoms with Gasteiger partial charge in [-0.25, -0.2) is 0 Å². The zero-order valence-electron chi connectivity index (χ0n) is 9.50. The first-order valence-electron chi connectivity index (χ1n) is 5.19. The summed E-state index contributed by atoms with van der Waals surface area (Å²) in [5.74, 6) is 0. The molecule has 0 radical (unpaired) electrons. The zero-order chi connectivity index (χ0) is 12.6. The van der Waals surface area contributed by atoms with E-state index >= 15 is 0 Å². The third kappa shape index (κ3) is 2.66. The minimum absolute atomic E-state index is 0.636. The zero-order valence-corrected chi connectivity index (χ0v) is 11.8. The quantitative estimate of drug-likeness (QED) is 0.844. The van der Waals surface area contributed by atoms with Gasteiger partial charge in [-0.15, -0.1) is 11.3 Å². The molecule has 0 spiro atoms. The fraction of sp³-hybridized carbons (Fsp3) is 0.231. The second kappa shape index (κ2) is 4.99. The van der Waals surface area contributed by atoms with E-state index in [4.69, 9.17) is 23.2 Å². The van der Waals surface area contributed by atoms with Crippen molar-refractivity contribution in [2.75, 3.05) is 0 Å². The Kier molecular flexibility index (Phi) is 3.79. The molecule has 1 aromatic heterocycles. The first-order valence-corrected chi connectivity index (χ1v) is 6.76. The van der Waals surface area contributed by atoms with Gasteiger partial charge in [-0.2, -0.15) is 0 Å². The van der Waals surface area contributed by atoms with Gasteiger partial charge in [-0.1, -0.05) is 29.3 Å². The van der Waals surface area contributed by atoms with Crippen molar-refractivity contribution in [1.29, 1.82) is 0 Å². The fourth-order valence-corrected chi connectivity index (χ4v) is 3.17. The van der Waals surface area contributed by atoms with Crippen molar-refractivity contribution in [3.63, 3.8) is 0 Å². The Hall–Kier alpha value is -0.540. The van der Waals surface area contributed by atoms with E-state index in [2.05, 4.69) is 0 Å². The van der Waals surface area contributed by atoms with Crippen LogP contribution in [0.5, 0.6) is 0 Å². The van der Waals surface area contributed by atoms with Gasteiger partial charge in [-0.05, 0) is 48.7 Å². The topological polar surface area (TPSA) is 20.2 Å². The molecule has 0 fully saturated rings. The first kappa shape index (κ1) is 12.9. The molecule has 1 aromatic carbocycles. The van der Waals surface area contributed by atoms with Crippen LogP contribution < -0.4 is 0 Å². The molecule has 2 aromatic rings. The molecule has 1 nitrogen and oxygen atoms in total. The van der Waals surface area contributed by atoms with Crippen LogP contribution in [-0.2, 0) is 0 Å². The molecule has 0 aliphatic heterocycles. The Morgan fingerprint density at radius 2 is 1.82 bits per heavy atom. The summed E-state index contributed by atoms with van der Waals surface area (Å²) in [4.78, 5) is 0.859. The van der Waals surface area contributed by atoms with Crippen molar-refractivity contribution in [2.45, 2.75) is 20.0 Å². The molecule has 0 saturated carbocycles. The lowest BCUT2D eigenvalue weighted by Gasteiger charge is -2.12. The lowest BCUT2D eigenvalue weighted by atomic mass is 10.0. The Balaban J connectivity index is 2.39. The third-order valence-electron chi connectivity index (χ3n) is 2.67. The van der Waals surface area contributed by atoms with Gasteiger partial charge in [0.05, 0.1) is 4.34 Å². The van der Waals surface area contributed by atoms with E-state index in [0.717, 1.165) is 25.9 Å². The normalized spacial score (nSPS) is 12.8. The van der Waals surface area contributed by atoms with Gasteiger partial charge < -0.3 is 5.11 Å². The van der Waals surface area contributed by atoms with E-state index in [0.29, 0.717) is 5.02 Å². The number of hydrogen-bond acceptors (Lipinski definition) is 2. The number of thiophene rings is 1. The van der Waals surface area contributed by atoms with E-state index in [-0.39, 0.29) is 0 Å². The largest absolute Gasteiger partial charge is 0.383 e. The van der Waals surface area contributed by atoms with Gasteiger partial charge in [0, 0.05) is 9.90 Å². The summed E-state index contributed by atoms with van der Waals surface area (Å²) in [6, 6.07) is 7.41. The van der Waals surface area contributed by atoms with E-state index in [1.807, 2.05) is 32.0 Å². The summed E-state index contributed by atoms with van der Waals surface area (Å²) in [6.45, 7) is 3.87. The van der Waals surface area contributed by atoms with Gasteiger partial charge in [0.1, 0.15) is 6.10 Å². The number of halogens is 2. The molecule has 0 aliphatic carbocycles. The summed E-state index contributed by atoms with van der Waals surface area (Å²) in [5.41, 5.74) is 2.84. The molecule has 1 N–H and O–H groups in total. The summed E-state index contributed by atoms with van der Waals surface area (Å²) >= 11 is 13.3. The average molecular weight is 287 g/mol. The highest BCUT2D eigenvalue weighted by atomic mass is 35.5. The molecule has 1 heterocycles. The van der Waals surface area contributed by atoms with Crippen LogP contribution in [0.3, 0.4) is 0 Å². The van der Waals surface area contributed by atoms with E-state index in [1.165, 1.54) is 11.3 Å². The van der Waals surface area contributed by atoms with E-state index in [9.17, 15) is 5.11 Å². The van der Waals surface area contributed by atoms with Crippen LogP contribution >= 0.6 is 34.5 Å². The van der Waals surface area contributed by atoms with Gasteiger partial charge in [0.2, 0.25) is 0 Å². The van der Waals surface area contributed by atoms with Crippen molar-refractivity contribution >= 4 is 34.5 Å². The Bertz CT molecular complexity index is 529. The van der Waals surface area contributed by atoms with Crippen LogP contribution in [0.4, 0.5) is 0 Å². The van der Waals surface area contributed by atoms with Crippen LogP contribution in [-0.4, -0.2) is 5.11 Å². The molecule has 0 aliphatic rings. The van der Waals surface area contributed by atoms with Gasteiger partial charge >= 0.3 is 0 Å². The minimum Gasteiger partial charge on any atom is -0.383 e. The molecule has 0 bridgehead atoms. The molecular weight excluding hydrogens is 275 g/mol. The lowest BCUT2D eigenvalue weighted by Crippen LogP contribution is -1.99. The monoisotopic (exact) mass is 286 g/mol. The SMILES string of the molecule is Cc1cc(Cl)ccc1C(O)c1cc(C)c(Cl)s1. The van der Waals surface area contributed by atoms with Crippen LogP contribution in [0.1, 0.15) is 27.7 Å². The fourth-order valence-electron chi connectivity index (χ4n) is 1.72. The standard InChI is InChI=1S/C13H12Cl2OS/c1-7-5-9(14)3-4-10(7)12(16)11-6-8(2)13(15)17-11/h3-6,12,16H,1-2H3. The molecule has 17 heavy (non-hydrogen) atoms. The van der Waals surface area contributed by atoms with Crippen molar-refractivity contribution in [2.24, 2.45) is 0 Å². The highest BCUT2D eigenvalue weighted by molar-refractivity contribution is 7.16. The number of benzene rings is 1. The molecule has 4 heteroatoms. The lowest BCUT2D eigenvalue weighted by molar-refractivity contribution is 0.223. The average Bonchev–Trinajstić information content (AvgIpc) is 2.58. The minimum atomic E-state index is -0.636. The van der Waals surface area contributed by atoms with Crippen molar-refractivity contribution in [1.82, 2.24) is 0 Å². The van der Waals surface area contributed by atoms with Crippen LogP contribution in [0.15, 0.2) is 24.3 Å². The Morgan fingerprint density at radius 3 is 2.35 bits per heavy atom. The molecule has 0 amide bonds. The Morgan fingerprint density at radius 1 is 1.12 bits per heavy atom. The molecule has 1 unspecified atom stereocenters. The number of hydrogen-bond donors (Lipinski definition) is 1. The third-order valence-corrected chi connectivity index (χ3v) is 4.51. The van der Waals surface area contributed by atoms with Crippen LogP contribution in [0.25, 0.3) is 0 Å². The molecule has 1 atom stereocenters. The van der Waals surface area contributed by atoms with Crippen molar-refractivity contribution < 1.29 is 5.11 Å². The van der Waals surface area contributed by atoms with Crippen LogP contribution in [0.2, 0.25) is 9.36 Å². The smallest absolute Gasteiger partial charge is 0.114 e.